The molecule has 8 heteroatoms. The van der Waals surface area contributed by atoms with Gasteiger partial charge in [-0.05, 0) is 36.2 Å². The van der Waals surface area contributed by atoms with Crippen molar-refractivity contribution in [2.75, 3.05) is 11.9 Å². The molecule has 6 nitrogen and oxygen atoms in total. The molecule has 4 heterocycles. The van der Waals surface area contributed by atoms with E-state index in [0.29, 0.717) is 18.7 Å². The molecule has 3 aromatic carbocycles. The Balaban J connectivity index is 1.34. The van der Waals surface area contributed by atoms with E-state index in [1.54, 1.807) is 29.6 Å². The normalized spacial score (nSPS) is 13.0. The van der Waals surface area contributed by atoms with Gasteiger partial charge in [0, 0.05) is 34.9 Å². The van der Waals surface area contributed by atoms with Crippen LogP contribution in [0.5, 0.6) is 0 Å². The van der Waals surface area contributed by atoms with Crippen molar-refractivity contribution in [2.24, 2.45) is 0 Å². The third-order valence-corrected chi connectivity index (χ3v) is 9.45. The molecule has 0 spiro atoms. The maximum Gasteiger partial charge on any atom is 0.257 e. The zero-order chi connectivity index (χ0) is 27.2. The molecule has 196 valence electrons. The summed E-state index contributed by atoms with van der Waals surface area (Å²) in [5, 5.41) is 5.70. The Morgan fingerprint density at radius 2 is 1.62 bits per heavy atom. The highest BCUT2D eigenvalue weighted by Crippen LogP contribution is 2.46. The third kappa shape index (κ3) is 4.35. The standard InChI is InChI=1S/C32H24N4O2S2/c1-19(37)36-16-15-22-28(18-36)40-32(29(22)31-34-25-13-7-8-14-27(25)39-31)35-30(38)23-17-26(20-9-3-2-4-10-20)33-24-12-6-5-11-21(23)24/h2-14,17H,15-16,18H2,1H3,(H,35,38). The number of carbonyl (C=O) groups is 2. The second-order valence-corrected chi connectivity index (χ2v) is 11.9. The van der Waals surface area contributed by atoms with Crippen LogP contribution < -0.4 is 5.32 Å². The molecule has 1 aliphatic heterocycles. The largest absolute Gasteiger partial charge is 0.337 e. The predicted octanol–water partition coefficient (Wildman–Crippen LogP) is 7.40. The maximum absolute atomic E-state index is 14.0. The molecule has 1 aliphatic rings. The van der Waals surface area contributed by atoms with E-state index in [4.69, 9.17) is 9.97 Å². The summed E-state index contributed by atoms with van der Waals surface area (Å²) in [7, 11) is 0. The molecule has 0 saturated heterocycles. The van der Waals surface area contributed by atoms with Gasteiger partial charge in [-0.2, -0.15) is 0 Å². The molecule has 0 atom stereocenters. The number of aromatic nitrogens is 2. The number of pyridine rings is 1. The van der Waals surface area contributed by atoms with Crippen molar-refractivity contribution in [3.8, 4) is 21.8 Å². The highest BCUT2D eigenvalue weighted by molar-refractivity contribution is 7.23. The number of carbonyl (C=O) groups excluding carboxylic acids is 2. The number of thiazole rings is 1. The van der Waals surface area contributed by atoms with E-state index in [9.17, 15) is 9.59 Å². The molecule has 40 heavy (non-hydrogen) atoms. The predicted molar refractivity (Wildman–Crippen MR) is 163 cm³/mol. The van der Waals surface area contributed by atoms with E-state index >= 15 is 0 Å². The van der Waals surface area contributed by atoms with Gasteiger partial charge >= 0.3 is 0 Å². The lowest BCUT2D eigenvalue weighted by atomic mass is 10.0. The number of nitrogens with zero attached hydrogens (tertiary/aromatic N) is 3. The first-order valence-electron chi connectivity index (χ1n) is 13.1. The number of thiophene rings is 1. The van der Waals surface area contributed by atoms with E-state index in [0.717, 1.165) is 59.2 Å². The van der Waals surface area contributed by atoms with Gasteiger partial charge < -0.3 is 10.2 Å². The Kier molecular flexibility index (Phi) is 6.14. The Bertz CT molecular complexity index is 1890. The fraction of sp³-hybridized carbons (Fsp3) is 0.125. The van der Waals surface area contributed by atoms with Gasteiger partial charge in [-0.1, -0.05) is 60.7 Å². The number of fused-ring (bicyclic) bond motifs is 3. The number of benzene rings is 3. The van der Waals surface area contributed by atoms with Crippen LogP contribution >= 0.6 is 22.7 Å². The van der Waals surface area contributed by atoms with Gasteiger partial charge in [0.05, 0.1) is 33.5 Å². The second-order valence-electron chi connectivity index (χ2n) is 9.78. The van der Waals surface area contributed by atoms with Crippen LogP contribution in [0.2, 0.25) is 0 Å². The van der Waals surface area contributed by atoms with Gasteiger partial charge in [-0.3, -0.25) is 9.59 Å². The molecule has 0 unspecified atom stereocenters. The lowest BCUT2D eigenvalue weighted by Crippen LogP contribution is -2.33. The molecule has 6 aromatic rings. The Labute approximate surface area is 239 Å². The minimum atomic E-state index is -0.194. The summed E-state index contributed by atoms with van der Waals surface area (Å²) in [5.74, 6) is -0.136. The van der Waals surface area contributed by atoms with Crippen LogP contribution in [0.1, 0.15) is 27.7 Å². The lowest BCUT2D eigenvalue weighted by molar-refractivity contribution is -0.129. The first-order chi connectivity index (χ1) is 19.5. The van der Waals surface area contributed by atoms with Crippen molar-refractivity contribution >= 4 is 60.6 Å². The fourth-order valence-electron chi connectivity index (χ4n) is 5.26. The Morgan fingerprint density at radius 3 is 2.42 bits per heavy atom. The summed E-state index contributed by atoms with van der Waals surface area (Å²) < 4.78 is 1.10. The summed E-state index contributed by atoms with van der Waals surface area (Å²) in [6.07, 6.45) is 0.725. The van der Waals surface area contributed by atoms with Crippen molar-refractivity contribution in [2.45, 2.75) is 19.9 Å². The second kappa shape index (κ2) is 9.97. The van der Waals surface area contributed by atoms with E-state index in [1.165, 1.54) is 5.56 Å². The monoisotopic (exact) mass is 560 g/mol. The van der Waals surface area contributed by atoms with E-state index < -0.39 is 0 Å². The van der Waals surface area contributed by atoms with Crippen molar-refractivity contribution in [3.05, 3.63) is 101 Å². The SMILES string of the molecule is CC(=O)N1CCc2c(sc(NC(=O)c3cc(-c4ccccc4)nc4ccccc34)c2-c2nc3ccccc3s2)C1. The van der Waals surface area contributed by atoms with Gasteiger partial charge in [0.1, 0.15) is 10.0 Å². The topological polar surface area (TPSA) is 75.2 Å². The van der Waals surface area contributed by atoms with E-state index in [-0.39, 0.29) is 11.8 Å². The van der Waals surface area contributed by atoms with Crippen LogP contribution in [0, 0.1) is 0 Å². The van der Waals surface area contributed by atoms with Gasteiger partial charge in [-0.25, -0.2) is 9.97 Å². The first-order valence-corrected chi connectivity index (χ1v) is 14.7. The lowest BCUT2D eigenvalue weighted by Gasteiger charge is -2.26. The number of nitrogens with one attached hydrogen (secondary N) is 1. The summed E-state index contributed by atoms with van der Waals surface area (Å²) in [6.45, 7) is 2.80. The smallest absolute Gasteiger partial charge is 0.257 e. The van der Waals surface area contributed by atoms with Crippen LogP contribution in [0.25, 0.3) is 42.9 Å². The number of rotatable bonds is 4. The van der Waals surface area contributed by atoms with Crippen molar-refractivity contribution < 1.29 is 9.59 Å². The van der Waals surface area contributed by atoms with Gasteiger partial charge in [0.15, 0.2) is 0 Å². The molecule has 0 radical (unpaired) electrons. The Morgan fingerprint density at radius 1 is 0.875 bits per heavy atom. The summed E-state index contributed by atoms with van der Waals surface area (Å²) in [5.41, 5.74) is 6.11. The number of anilines is 1. The van der Waals surface area contributed by atoms with Crippen molar-refractivity contribution in [3.63, 3.8) is 0 Å². The maximum atomic E-state index is 14.0. The molecular weight excluding hydrogens is 537 g/mol. The summed E-state index contributed by atoms with van der Waals surface area (Å²) in [6, 6.07) is 27.6. The highest BCUT2D eigenvalue weighted by Gasteiger charge is 2.29. The molecule has 7 rings (SSSR count). The van der Waals surface area contributed by atoms with E-state index in [2.05, 4.69) is 11.4 Å². The average molecular weight is 561 g/mol. The first kappa shape index (κ1) is 24.6. The number of hydrogen-bond donors (Lipinski definition) is 1. The number of hydrogen-bond acceptors (Lipinski definition) is 6. The molecule has 0 saturated carbocycles. The number of para-hydroxylation sites is 2. The van der Waals surface area contributed by atoms with Crippen LogP contribution in [0.4, 0.5) is 5.00 Å². The van der Waals surface area contributed by atoms with E-state index in [1.807, 2.05) is 83.8 Å². The molecule has 0 bridgehead atoms. The highest BCUT2D eigenvalue weighted by atomic mass is 32.1. The fourth-order valence-corrected chi connectivity index (χ4v) is 7.63. The van der Waals surface area contributed by atoms with Crippen molar-refractivity contribution in [1.82, 2.24) is 14.9 Å². The Hall–Kier alpha value is -4.40. The average Bonchev–Trinajstić information content (AvgIpc) is 3.57. The zero-order valence-corrected chi connectivity index (χ0v) is 23.3. The minimum Gasteiger partial charge on any atom is -0.337 e. The summed E-state index contributed by atoms with van der Waals surface area (Å²) >= 11 is 3.17. The molecular formula is C32H24N4O2S2. The van der Waals surface area contributed by atoms with Crippen LogP contribution in [0.3, 0.4) is 0 Å². The molecule has 3 aromatic heterocycles. The van der Waals surface area contributed by atoms with Crippen molar-refractivity contribution in [1.29, 1.82) is 0 Å². The van der Waals surface area contributed by atoms with Crippen LogP contribution in [-0.2, 0) is 17.8 Å². The third-order valence-electron chi connectivity index (χ3n) is 7.27. The summed E-state index contributed by atoms with van der Waals surface area (Å²) in [4.78, 5) is 38.9. The minimum absolute atomic E-state index is 0.0582. The molecule has 1 N–H and O–H groups in total. The zero-order valence-electron chi connectivity index (χ0n) is 21.7. The van der Waals surface area contributed by atoms with Gasteiger partial charge in [-0.15, -0.1) is 22.7 Å². The molecule has 0 fully saturated rings. The molecule has 2 amide bonds. The molecule has 0 aliphatic carbocycles. The van der Waals surface area contributed by atoms with Gasteiger partial charge in [0.2, 0.25) is 5.91 Å². The van der Waals surface area contributed by atoms with Crippen LogP contribution in [-0.4, -0.2) is 33.2 Å². The van der Waals surface area contributed by atoms with Gasteiger partial charge in [0.25, 0.3) is 5.91 Å². The van der Waals surface area contributed by atoms with Crippen LogP contribution in [0.15, 0.2) is 84.9 Å². The number of amides is 2. The quantitative estimate of drug-likeness (QED) is 0.244.